The molecule has 0 spiro atoms. The molecule has 14 heavy (non-hydrogen) atoms. The number of amides is 2. The van der Waals surface area contributed by atoms with Crippen molar-refractivity contribution in [1.29, 1.82) is 0 Å². The molecule has 2 rings (SSSR count). The number of hydrogen-bond donors (Lipinski definition) is 2. The minimum atomic E-state index is -1.25. The summed E-state index contributed by atoms with van der Waals surface area (Å²) >= 11 is 0. The number of urea groups is 1. The topological polar surface area (TPSA) is 78.6 Å². The van der Waals surface area contributed by atoms with Crippen LogP contribution < -0.4 is 10.2 Å². The first-order valence-corrected chi connectivity index (χ1v) is 4.24. The number of nitrogens with zero attached hydrogens (tertiary/aromatic N) is 2. The molecule has 1 aliphatic rings. The fraction of sp³-hybridized carbons (Fsp3) is 0.500. The summed E-state index contributed by atoms with van der Waals surface area (Å²) in [6.07, 6.45) is 0. The zero-order chi connectivity index (χ0) is 10.3. The minimum Gasteiger partial charge on any atom is -0.369 e. The summed E-state index contributed by atoms with van der Waals surface area (Å²) in [5.41, 5.74) is -1.25. The van der Waals surface area contributed by atoms with Crippen LogP contribution in [0, 0.1) is 6.92 Å². The predicted molar refractivity (Wildman–Crippen MR) is 47.7 cm³/mol. The lowest BCUT2D eigenvalue weighted by atomic mass is 10.2. The van der Waals surface area contributed by atoms with Crippen molar-refractivity contribution in [2.45, 2.75) is 19.6 Å². The van der Waals surface area contributed by atoms with Gasteiger partial charge in [0.2, 0.25) is 0 Å². The first-order valence-electron chi connectivity index (χ1n) is 4.24. The van der Waals surface area contributed by atoms with Crippen LogP contribution in [0.3, 0.4) is 0 Å². The monoisotopic (exact) mass is 197 g/mol. The van der Waals surface area contributed by atoms with Crippen molar-refractivity contribution in [2.75, 3.05) is 11.4 Å². The number of aryl methyl sites for hydroxylation is 1. The first kappa shape index (κ1) is 9.01. The molecule has 6 heteroatoms. The molecule has 1 fully saturated rings. The summed E-state index contributed by atoms with van der Waals surface area (Å²) in [5.74, 6) is 0.915. The van der Waals surface area contributed by atoms with Gasteiger partial charge in [-0.1, -0.05) is 5.16 Å². The Morgan fingerprint density at radius 2 is 2.50 bits per heavy atom. The molecular weight excluding hydrogens is 186 g/mol. The summed E-state index contributed by atoms with van der Waals surface area (Å²) in [4.78, 5) is 12.5. The molecule has 1 aromatic heterocycles. The van der Waals surface area contributed by atoms with E-state index in [1.54, 1.807) is 13.0 Å². The Labute approximate surface area is 80.5 Å². The van der Waals surface area contributed by atoms with Crippen molar-refractivity contribution in [3.05, 3.63) is 11.8 Å². The number of hydrogen-bond acceptors (Lipinski definition) is 4. The van der Waals surface area contributed by atoms with Gasteiger partial charge in [-0.05, 0) is 13.8 Å². The molecule has 6 nitrogen and oxygen atoms in total. The summed E-state index contributed by atoms with van der Waals surface area (Å²) in [7, 11) is 0. The highest BCUT2D eigenvalue weighted by Crippen LogP contribution is 2.25. The van der Waals surface area contributed by atoms with Crippen molar-refractivity contribution < 1.29 is 14.4 Å². The van der Waals surface area contributed by atoms with E-state index in [2.05, 4.69) is 10.5 Å². The molecule has 0 saturated carbocycles. The summed E-state index contributed by atoms with van der Waals surface area (Å²) in [5, 5.41) is 16.0. The summed E-state index contributed by atoms with van der Waals surface area (Å²) in [6, 6.07) is 1.22. The lowest BCUT2D eigenvalue weighted by Crippen LogP contribution is -2.44. The van der Waals surface area contributed by atoms with E-state index < -0.39 is 5.72 Å². The van der Waals surface area contributed by atoms with Gasteiger partial charge >= 0.3 is 6.03 Å². The second kappa shape index (κ2) is 2.71. The van der Waals surface area contributed by atoms with E-state index in [1.165, 1.54) is 11.8 Å². The molecule has 2 heterocycles. The Morgan fingerprint density at radius 1 is 1.79 bits per heavy atom. The van der Waals surface area contributed by atoms with Crippen LogP contribution in [-0.2, 0) is 0 Å². The van der Waals surface area contributed by atoms with Crippen molar-refractivity contribution in [1.82, 2.24) is 10.5 Å². The maximum absolute atomic E-state index is 11.4. The Morgan fingerprint density at radius 3 is 2.93 bits per heavy atom. The normalized spacial score (nSPS) is 26.8. The van der Waals surface area contributed by atoms with Gasteiger partial charge in [0.1, 0.15) is 5.76 Å². The van der Waals surface area contributed by atoms with E-state index in [0.717, 1.165) is 0 Å². The summed E-state index contributed by atoms with van der Waals surface area (Å²) < 4.78 is 4.84. The van der Waals surface area contributed by atoms with Crippen LogP contribution in [0.2, 0.25) is 0 Å². The molecule has 2 amide bonds. The third-order valence-corrected chi connectivity index (χ3v) is 2.10. The van der Waals surface area contributed by atoms with E-state index in [9.17, 15) is 9.90 Å². The summed E-state index contributed by atoms with van der Waals surface area (Å²) in [6.45, 7) is 3.44. The standard InChI is InChI=1S/C8H11N3O3/c1-5-3-6(10-14-5)11-7(12)9-4-8(11,2)13/h3,13H,4H2,1-2H3,(H,9,12). The average Bonchev–Trinajstić information content (AvgIpc) is 2.57. The number of β-amino-alcohol motifs (C(OH)–C–C–N with tert-alkyl or cyclic N) is 1. The van der Waals surface area contributed by atoms with E-state index in [1.807, 2.05) is 0 Å². The molecule has 0 bridgehead atoms. The quantitative estimate of drug-likeness (QED) is 0.675. The van der Waals surface area contributed by atoms with Gasteiger partial charge in [0.25, 0.3) is 0 Å². The van der Waals surface area contributed by atoms with E-state index >= 15 is 0 Å². The maximum Gasteiger partial charge on any atom is 0.325 e. The fourth-order valence-electron chi connectivity index (χ4n) is 1.43. The van der Waals surface area contributed by atoms with Crippen LogP contribution in [-0.4, -0.2) is 28.6 Å². The highest BCUT2D eigenvalue weighted by molar-refractivity contribution is 5.94. The van der Waals surface area contributed by atoms with Crippen LogP contribution in [0.5, 0.6) is 0 Å². The highest BCUT2D eigenvalue weighted by Gasteiger charge is 2.42. The smallest absolute Gasteiger partial charge is 0.325 e. The molecule has 1 atom stereocenters. The van der Waals surface area contributed by atoms with Gasteiger partial charge in [-0.25, -0.2) is 9.69 Å². The number of aromatic nitrogens is 1. The van der Waals surface area contributed by atoms with Crippen LogP contribution in [0.15, 0.2) is 10.6 Å². The lowest BCUT2D eigenvalue weighted by molar-refractivity contribution is 0.0847. The van der Waals surface area contributed by atoms with E-state index in [4.69, 9.17) is 4.52 Å². The van der Waals surface area contributed by atoms with Gasteiger partial charge in [0.05, 0.1) is 6.54 Å². The minimum absolute atomic E-state index is 0.178. The number of nitrogens with one attached hydrogen (secondary N) is 1. The number of anilines is 1. The molecular formula is C8H11N3O3. The third-order valence-electron chi connectivity index (χ3n) is 2.10. The van der Waals surface area contributed by atoms with Gasteiger partial charge in [0, 0.05) is 6.07 Å². The number of carbonyl (C=O) groups excluding carboxylic acids is 1. The molecule has 1 aromatic rings. The number of carbonyl (C=O) groups is 1. The molecule has 1 saturated heterocycles. The number of aliphatic hydroxyl groups is 1. The fourth-order valence-corrected chi connectivity index (χ4v) is 1.43. The average molecular weight is 197 g/mol. The molecule has 2 N–H and O–H groups in total. The lowest BCUT2D eigenvalue weighted by Gasteiger charge is -2.25. The first-order chi connectivity index (χ1) is 6.50. The maximum atomic E-state index is 11.4. The second-order valence-electron chi connectivity index (χ2n) is 3.51. The largest absolute Gasteiger partial charge is 0.369 e. The van der Waals surface area contributed by atoms with Crippen molar-refractivity contribution in [3.8, 4) is 0 Å². The van der Waals surface area contributed by atoms with E-state index in [0.29, 0.717) is 11.6 Å². The molecule has 0 aliphatic carbocycles. The van der Waals surface area contributed by atoms with Gasteiger partial charge in [-0.15, -0.1) is 0 Å². The SMILES string of the molecule is Cc1cc(N2C(=O)NCC2(C)O)no1. The van der Waals surface area contributed by atoms with Crippen molar-refractivity contribution >= 4 is 11.8 Å². The van der Waals surface area contributed by atoms with E-state index in [-0.39, 0.29) is 12.6 Å². The molecule has 76 valence electrons. The van der Waals surface area contributed by atoms with Crippen LogP contribution in [0.1, 0.15) is 12.7 Å². The zero-order valence-electron chi connectivity index (χ0n) is 7.94. The Hall–Kier alpha value is -1.56. The van der Waals surface area contributed by atoms with Gasteiger partial charge in [0.15, 0.2) is 11.5 Å². The van der Waals surface area contributed by atoms with Gasteiger partial charge in [-0.2, -0.15) is 0 Å². The molecule has 0 radical (unpaired) electrons. The Bertz CT molecular complexity index is 372. The second-order valence-corrected chi connectivity index (χ2v) is 3.51. The van der Waals surface area contributed by atoms with Gasteiger partial charge < -0.3 is 14.9 Å². The van der Waals surface area contributed by atoms with Crippen LogP contribution >= 0.6 is 0 Å². The number of rotatable bonds is 1. The third kappa shape index (κ3) is 1.24. The Balaban J connectivity index is 2.37. The van der Waals surface area contributed by atoms with Crippen LogP contribution in [0.25, 0.3) is 0 Å². The zero-order valence-corrected chi connectivity index (χ0v) is 7.94. The highest BCUT2D eigenvalue weighted by atomic mass is 16.5. The van der Waals surface area contributed by atoms with Gasteiger partial charge in [-0.3, -0.25) is 0 Å². The van der Waals surface area contributed by atoms with Crippen molar-refractivity contribution in [2.24, 2.45) is 0 Å². The Kier molecular flexibility index (Phi) is 1.75. The molecule has 0 aromatic carbocycles. The molecule has 1 unspecified atom stereocenters. The molecule has 1 aliphatic heterocycles. The predicted octanol–water partition coefficient (Wildman–Crippen LogP) is 0.221. The van der Waals surface area contributed by atoms with Crippen molar-refractivity contribution in [3.63, 3.8) is 0 Å². The van der Waals surface area contributed by atoms with Crippen LogP contribution in [0.4, 0.5) is 10.6 Å².